The first kappa shape index (κ1) is 24.9. The number of piperidine rings is 1. The molecule has 0 atom stereocenters. The smallest absolute Gasteiger partial charge is 0.313 e. The number of esters is 1. The Bertz CT molecular complexity index is 1280. The normalized spacial score (nSPS) is 16.9. The Kier molecular flexibility index (Phi) is 6.90. The predicted molar refractivity (Wildman–Crippen MR) is 131 cm³/mol. The summed E-state index contributed by atoms with van der Waals surface area (Å²) in [4.78, 5) is 26.8. The minimum absolute atomic E-state index is 0.0511. The Morgan fingerprint density at radius 2 is 1.81 bits per heavy atom. The van der Waals surface area contributed by atoms with Crippen LogP contribution in [-0.2, 0) is 16.0 Å². The summed E-state index contributed by atoms with van der Waals surface area (Å²) in [6, 6.07) is 11.0. The predicted octanol–water partition coefficient (Wildman–Crippen LogP) is 4.75. The molecule has 0 unspecified atom stereocenters. The van der Waals surface area contributed by atoms with Crippen molar-refractivity contribution >= 4 is 23.3 Å². The fourth-order valence-corrected chi connectivity index (χ4v) is 5.24. The molecule has 194 valence electrons. The largest absolute Gasteiger partial charge is 0.466 e. The monoisotopic (exact) mass is 510 g/mol. The number of aromatic nitrogens is 2. The lowest BCUT2D eigenvalue weighted by atomic mass is 9.57. The summed E-state index contributed by atoms with van der Waals surface area (Å²) >= 11 is 0. The van der Waals surface area contributed by atoms with Gasteiger partial charge in [-0.15, -0.1) is 10.2 Å². The average Bonchev–Trinajstić information content (AvgIpc) is 3.34. The lowest BCUT2D eigenvalue weighted by molar-refractivity contribution is -0.157. The molecular formula is C27H28F2N4O4. The summed E-state index contributed by atoms with van der Waals surface area (Å²) in [5.41, 5.74) is 2.36. The van der Waals surface area contributed by atoms with E-state index in [1.165, 1.54) is 6.07 Å². The molecule has 37 heavy (non-hydrogen) atoms. The third-order valence-electron chi connectivity index (χ3n) is 7.29. The number of nitrogens with one attached hydrogen (secondary N) is 1. The highest BCUT2D eigenvalue weighted by atomic mass is 19.2. The maximum Gasteiger partial charge on any atom is 0.313 e. The van der Waals surface area contributed by atoms with E-state index in [0.717, 1.165) is 56.6 Å². The first-order chi connectivity index (χ1) is 17.8. The Labute approximate surface area is 213 Å². The van der Waals surface area contributed by atoms with Crippen molar-refractivity contribution in [2.75, 3.05) is 29.9 Å². The summed E-state index contributed by atoms with van der Waals surface area (Å²) in [6.07, 6.45) is 4.01. The van der Waals surface area contributed by atoms with Gasteiger partial charge in [0.1, 0.15) is 0 Å². The molecule has 1 aliphatic heterocycles. The molecule has 1 N–H and O–H groups in total. The summed E-state index contributed by atoms with van der Waals surface area (Å²) in [5, 5.41) is 10.3. The number of amides is 1. The molecule has 5 rings (SSSR count). The van der Waals surface area contributed by atoms with Crippen molar-refractivity contribution in [2.24, 2.45) is 11.3 Å². The van der Waals surface area contributed by atoms with Gasteiger partial charge in [-0.1, -0.05) is 6.07 Å². The van der Waals surface area contributed by atoms with Crippen LogP contribution in [0.15, 0.2) is 46.9 Å². The number of carbonyl (C=O) groups is 2. The van der Waals surface area contributed by atoms with Crippen LogP contribution in [0.5, 0.6) is 0 Å². The van der Waals surface area contributed by atoms with Crippen LogP contribution in [0.2, 0.25) is 0 Å². The van der Waals surface area contributed by atoms with Gasteiger partial charge in [0.05, 0.1) is 18.9 Å². The summed E-state index contributed by atoms with van der Waals surface area (Å²) < 4.78 is 37.0. The van der Waals surface area contributed by atoms with E-state index in [1.807, 2.05) is 31.2 Å². The summed E-state index contributed by atoms with van der Waals surface area (Å²) in [5.74, 6) is -2.57. The second-order valence-electron chi connectivity index (χ2n) is 9.77. The standard InChI is InChI=1S/C27H28F2N4O4/c1-2-36-26(35)18-15-27(16-18)9-11-33(12-10-27)20-6-4-19(5-7-20)30-24(34)25-32-31-23(37-25)14-17-3-8-21(28)22(29)13-17/h3-8,13,18H,2,9-12,14-16H2,1H3,(H,30,34). The van der Waals surface area contributed by atoms with E-state index in [-0.39, 0.29) is 35.5 Å². The second kappa shape index (κ2) is 10.3. The number of ether oxygens (including phenoxy) is 1. The summed E-state index contributed by atoms with van der Waals surface area (Å²) in [7, 11) is 0. The van der Waals surface area contributed by atoms with Crippen molar-refractivity contribution in [2.45, 2.75) is 39.0 Å². The van der Waals surface area contributed by atoms with Gasteiger partial charge < -0.3 is 19.4 Å². The number of nitrogens with zero attached hydrogens (tertiary/aromatic N) is 3. The number of hydrogen-bond acceptors (Lipinski definition) is 7. The van der Waals surface area contributed by atoms with E-state index in [9.17, 15) is 18.4 Å². The van der Waals surface area contributed by atoms with Gasteiger partial charge in [0.2, 0.25) is 5.89 Å². The lowest BCUT2D eigenvalue weighted by Crippen LogP contribution is -2.49. The molecule has 2 fully saturated rings. The number of anilines is 2. The van der Waals surface area contributed by atoms with Crippen LogP contribution in [0.1, 0.15) is 54.7 Å². The zero-order valence-electron chi connectivity index (χ0n) is 20.5. The van der Waals surface area contributed by atoms with Crippen LogP contribution in [0.3, 0.4) is 0 Å². The first-order valence-electron chi connectivity index (χ1n) is 12.4. The first-order valence-corrected chi connectivity index (χ1v) is 12.4. The Hall–Kier alpha value is -3.82. The van der Waals surface area contributed by atoms with Crippen molar-refractivity contribution in [1.29, 1.82) is 0 Å². The van der Waals surface area contributed by atoms with Gasteiger partial charge in [0.15, 0.2) is 11.6 Å². The molecule has 2 heterocycles. The SMILES string of the molecule is CCOC(=O)C1CC2(CCN(c3ccc(NC(=O)c4nnc(Cc5ccc(F)c(F)c5)o4)cc3)CC2)C1. The van der Waals surface area contributed by atoms with Gasteiger partial charge in [0.25, 0.3) is 0 Å². The number of carbonyl (C=O) groups excluding carboxylic acids is 2. The van der Waals surface area contributed by atoms with E-state index in [1.54, 1.807) is 0 Å². The molecule has 1 spiro atoms. The van der Waals surface area contributed by atoms with Gasteiger partial charge in [-0.3, -0.25) is 9.59 Å². The Morgan fingerprint density at radius 3 is 2.49 bits per heavy atom. The highest BCUT2D eigenvalue weighted by Gasteiger charge is 2.49. The van der Waals surface area contributed by atoms with Gasteiger partial charge in [-0.25, -0.2) is 8.78 Å². The van der Waals surface area contributed by atoms with Crippen LogP contribution in [0, 0.1) is 23.0 Å². The molecule has 10 heteroatoms. The zero-order valence-corrected chi connectivity index (χ0v) is 20.5. The molecule has 2 aromatic carbocycles. The maximum atomic E-state index is 13.4. The highest BCUT2D eigenvalue weighted by Crippen LogP contribution is 2.53. The lowest BCUT2D eigenvalue weighted by Gasteiger charge is -2.51. The molecule has 1 saturated carbocycles. The topological polar surface area (TPSA) is 97.6 Å². The Morgan fingerprint density at radius 1 is 1.08 bits per heavy atom. The van der Waals surface area contributed by atoms with Crippen molar-refractivity contribution in [3.05, 3.63) is 71.4 Å². The molecule has 0 radical (unpaired) electrons. The van der Waals surface area contributed by atoms with Crippen LogP contribution in [-0.4, -0.2) is 41.8 Å². The van der Waals surface area contributed by atoms with E-state index in [2.05, 4.69) is 20.4 Å². The molecule has 8 nitrogen and oxygen atoms in total. The number of benzene rings is 2. The van der Waals surface area contributed by atoms with E-state index >= 15 is 0 Å². The second-order valence-corrected chi connectivity index (χ2v) is 9.77. The van der Waals surface area contributed by atoms with Crippen molar-refractivity contribution < 1.29 is 27.5 Å². The number of hydrogen-bond donors (Lipinski definition) is 1. The number of halogens is 2. The quantitative estimate of drug-likeness (QED) is 0.458. The molecule has 3 aromatic rings. The van der Waals surface area contributed by atoms with Crippen LogP contribution < -0.4 is 10.2 Å². The van der Waals surface area contributed by atoms with Crippen molar-refractivity contribution in [1.82, 2.24) is 10.2 Å². The molecular weight excluding hydrogens is 482 g/mol. The van der Waals surface area contributed by atoms with Crippen molar-refractivity contribution in [3.8, 4) is 0 Å². The minimum atomic E-state index is -0.965. The minimum Gasteiger partial charge on any atom is -0.466 e. The van der Waals surface area contributed by atoms with Gasteiger partial charge in [-0.05, 0) is 80.0 Å². The molecule has 0 bridgehead atoms. The Balaban J connectivity index is 1.12. The maximum absolute atomic E-state index is 13.4. The fourth-order valence-electron chi connectivity index (χ4n) is 5.24. The highest BCUT2D eigenvalue weighted by molar-refractivity contribution is 6.00. The van der Waals surface area contributed by atoms with E-state index < -0.39 is 17.5 Å². The number of rotatable bonds is 7. The van der Waals surface area contributed by atoms with Crippen LogP contribution in [0.25, 0.3) is 0 Å². The fraction of sp³-hybridized carbons (Fsp3) is 0.407. The van der Waals surface area contributed by atoms with Crippen molar-refractivity contribution in [3.63, 3.8) is 0 Å². The summed E-state index contributed by atoms with van der Waals surface area (Å²) in [6.45, 7) is 4.11. The van der Waals surface area contributed by atoms with Crippen LogP contribution >= 0.6 is 0 Å². The average molecular weight is 511 g/mol. The van der Waals surface area contributed by atoms with Gasteiger partial charge in [-0.2, -0.15) is 0 Å². The van der Waals surface area contributed by atoms with Crippen LogP contribution in [0.4, 0.5) is 20.2 Å². The molecule has 2 aliphatic rings. The molecule has 1 amide bonds. The van der Waals surface area contributed by atoms with Gasteiger partial charge in [0, 0.05) is 24.5 Å². The molecule has 1 aliphatic carbocycles. The van der Waals surface area contributed by atoms with E-state index in [4.69, 9.17) is 9.15 Å². The third-order valence-corrected chi connectivity index (χ3v) is 7.29. The third kappa shape index (κ3) is 5.47. The molecule has 1 saturated heterocycles. The zero-order chi connectivity index (χ0) is 26.0. The molecule has 1 aromatic heterocycles. The van der Waals surface area contributed by atoms with E-state index in [0.29, 0.717) is 17.9 Å². The van der Waals surface area contributed by atoms with Gasteiger partial charge >= 0.3 is 17.8 Å².